The number of nitrogens with two attached hydrogens (primary N) is 1. The Kier molecular flexibility index (Phi) is 7.06. The molecule has 16 heavy (non-hydrogen) atoms. The molecule has 2 heteroatoms. The maximum atomic E-state index is 6.30. The molecular formula is C14H29NO. The molecule has 0 aromatic rings. The standard InChI is InChI=1S/C14H29NO/c1-2-3-4-5-9-12-16-13-14(15)10-7-6-8-11-14/h2-13,15H2,1H3. The van der Waals surface area contributed by atoms with Crippen LogP contribution in [0.4, 0.5) is 0 Å². The molecule has 1 aliphatic rings. The van der Waals surface area contributed by atoms with Crippen molar-refractivity contribution in [3.63, 3.8) is 0 Å². The first-order valence-corrected chi connectivity index (χ1v) is 7.13. The van der Waals surface area contributed by atoms with Crippen LogP contribution in [0, 0.1) is 0 Å². The average molecular weight is 227 g/mol. The van der Waals surface area contributed by atoms with E-state index < -0.39 is 0 Å². The second-order valence-electron chi connectivity index (χ2n) is 5.39. The first-order chi connectivity index (χ1) is 7.77. The fourth-order valence-corrected chi connectivity index (χ4v) is 2.48. The first-order valence-electron chi connectivity index (χ1n) is 7.13. The van der Waals surface area contributed by atoms with E-state index in [-0.39, 0.29) is 5.54 Å². The maximum absolute atomic E-state index is 6.30. The summed E-state index contributed by atoms with van der Waals surface area (Å²) in [5.41, 5.74) is 6.30. The number of rotatable bonds is 8. The zero-order chi connectivity index (χ0) is 11.7. The molecule has 0 radical (unpaired) electrons. The van der Waals surface area contributed by atoms with Crippen LogP contribution in [-0.4, -0.2) is 18.8 Å². The predicted molar refractivity (Wildman–Crippen MR) is 69.6 cm³/mol. The molecule has 1 rings (SSSR count). The van der Waals surface area contributed by atoms with Crippen molar-refractivity contribution < 1.29 is 4.74 Å². The predicted octanol–water partition coefficient (Wildman–Crippen LogP) is 3.64. The molecular weight excluding hydrogens is 198 g/mol. The quantitative estimate of drug-likeness (QED) is 0.643. The molecule has 0 atom stereocenters. The van der Waals surface area contributed by atoms with Gasteiger partial charge in [-0.25, -0.2) is 0 Å². The molecule has 0 amide bonds. The molecule has 0 aliphatic heterocycles. The molecule has 0 spiro atoms. The van der Waals surface area contributed by atoms with Gasteiger partial charge >= 0.3 is 0 Å². The summed E-state index contributed by atoms with van der Waals surface area (Å²) in [6.07, 6.45) is 12.8. The lowest BCUT2D eigenvalue weighted by atomic mass is 9.83. The molecule has 2 N–H and O–H groups in total. The van der Waals surface area contributed by atoms with E-state index in [9.17, 15) is 0 Å². The Labute approximate surface area is 101 Å². The van der Waals surface area contributed by atoms with Crippen LogP contribution in [0.25, 0.3) is 0 Å². The van der Waals surface area contributed by atoms with Crippen molar-refractivity contribution >= 4 is 0 Å². The second kappa shape index (κ2) is 8.08. The van der Waals surface area contributed by atoms with E-state index in [2.05, 4.69) is 6.92 Å². The van der Waals surface area contributed by atoms with Crippen LogP contribution in [0.5, 0.6) is 0 Å². The van der Waals surface area contributed by atoms with Crippen molar-refractivity contribution in [3.8, 4) is 0 Å². The molecule has 1 saturated carbocycles. The molecule has 0 bridgehead atoms. The summed E-state index contributed by atoms with van der Waals surface area (Å²) >= 11 is 0. The Morgan fingerprint density at radius 3 is 2.38 bits per heavy atom. The van der Waals surface area contributed by atoms with E-state index in [0.717, 1.165) is 26.1 Å². The lowest BCUT2D eigenvalue weighted by molar-refractivity contribution is 0.0655. The summed E-state index contributed by atoms with van der Waals surface area (Å²) in [4.78, 5) is 0. The Morgan fingerprint density at radius 1 is 1.00 bits per heavy atom. The van der Waals surface area contributed by atoms with Crippen molar-refractivity contribution in [1.29, 1.82) is 0 Å². The van der Waals surface area contributed by atoms with Crippen LogP contribution >= 0.6 is 0 Å². The third-order valence-corrected chi connectivity index (χ3v) is 3.63. The average Bonchev–Trinajstić information content (AvgIpc) is 2.29. The van der Waals surface area contributed by atoms with E-state index in [1.165, 1.54) is 51.4 Å². The van der Waals surface area contributed by atoms with Gasteiger partial charge in [0.05, 0.1) is 6.61 Å². The first kappa shape index (κ1) is 14.0. The summed E-state index contributed by atoms with van der Waals surface area (Å²) < 4.78 is 5.73. The molecule has 0 aromatic carbocycles. The molecule has 0 aromatic heterocycles. The van der Waals surface area contributed by atoms with E-state index >= 15 is 0 Å². The van der Waals surface area contributed by atoms with Gasteiger partial charge in [0.1, 0.15) is 0 Å². The minimum atomic E-state index is 0.00166. The Balaban J connectivity index is 1.93. The van der Waals surface area contributed by atoms with Crippen molar-refractivity contribution in [3.05, 3.63) is 0 Å². The normalized spacial score (nSPS) is 19.9. The van der Waals surface area contributed by atoms with Crippen LogP contribution in [0.15, 0.2) is 0 Å². The largest absolute Gasteiger partial charge is 0.380 e. The number of ether oxygens (including phenoxy) is 1. The number of unbranched alkanes of at least 4 members (excludes halogenated alkanes) is 4. The minimum Gasteiger partial charge on any atom is -0.380 e. The van der Waals surface area contributed by atoms with E-state index in [1.54, 1.807) is 0 Å². The van der Waals surface area contributed by atoms with E-state index in [0.29, 0.717) is 0 Å². The minimum absolute atomic E-state index is 0.00166. The zero-order valence-electron chi connectivity index (χ0n) is 11.0. The van der Waals surface area contributed by atoms with Crippen molar-refractivity contribution in [2.75, 3.05) is 13.2 Å². The van der Waals surface area contributed by atoms with E-state index in [4.69, 9.17) is 10.5 Å². The third-order valence-electron chi connectivity index (χ3n) is 3.63. The molecule has 0 heterocycles. The summed E-state index contributed by atoms with van der Waals surface area (Å²) in [5, 5.41) is 0. The van der Waals surface area contributed by atoms with Gasteiger partial charge in [0, 0.05) is 12.1 Å². The van der Waals surface area contributed by atoms with Gasteiger partial charge in [0.15, 0.2) is 0 Å². The second-order valence-corrected chi connectivity index (χ2v) is 5.39. The van der Waals surface area contributed by atoms with Crippen LogP contribution in [-0.2, 0) is 4.74 Å². The third kappa shape index (κ3) is 5.86. The van der Waals surface area contributed by atoms with Gasteiger partial charge in [-0.15, -0.1) is 0 Å². The molecule has 0 saturated heterocycles. The smallest absolute Gasteiger partial charge is 0.0646 e. The summed E-state index contributed by atoms with van der Waals surface area (Å²) in [5.74, 6) is 0. The highest BCUT2D eigenvalue weighted by atomic mass is 16.5. The molecule has 96 valence electrons. The van der Waals surface area contributed by atoms with Gasteiger partial charge < -0.3 is 10.5 Å². The van der Waals surface area contributed by atoms with Gasteiger partial charge in [0.25, 0.3) is 0 Å². The van der Waals surface area contributed by atoms with Crippen molar-refractivity contribution in [2.24, 2.45) is 5.73 Å². The number of hydrogen-bond donors (Lipinski definition) is 1. The fraction of sp³-hybridized carbons (Fsp3) is 1.00. The van der Waals surface area contributed by atoms with Crippen LogP contribution < -0.4 is 5.73 Å². The Morgan fingerprint density at radius 2 is 1.69 bits per heavy atom. The van der Waals surface area contributed by atoms with Crippen LogP contribution in [0.2, 0.25) is 0 Å². The molecule has 1 aliphatic carbocycles. The topological polar surface area (TPSA) is 35.2 Å². The monoisotopic (exact) mass is 227 g/mol. The maximum Gasteiger partial charge on any atom is 0.0646 e. The van der Waals surface area contributed by atoms with Crippen LogP contribution in [0.1, 0.15) is 71.1 Å². The highest BCUT2D eigenvalue weighted by Crippen LogP contribution is 2.26. The summed E-state index contributed by atoms with van der Waals surface area (Å²) in [6, 6.07) is 0. The van der Waals surface area contributed by atoms with Gasteiger partial charge in [-0.2, -0.15) is 0 Å². The van der Waals surface area contributed by atoms with Gasteiger partial charge in [-0.05, 0) is 19.3 Å². The summed E-state index contributed by atoms with van der Waals surface area (Å²) in [7, 11) is 0. The number of hydrogen-bond acceptors (Lipinski definition) is 2. The highest BCUT2D eigenvalue weighted by molar-refractivity contribution is 4.86. The van der Waals surface area contributed by atoms with Gasteiger partial charge in [0.2, 0.25) is 0 Å². The molecule has 1 fully saturated rings. The van der Waals surface area contributed by atoms with Crippen LogP contribution in [0.3, 0.4) is 0 Å². The fourth-order valence-electron chi connectivity index (χ4n) is 2.48. The Bertz CT molecular complexity index is 164. The lowest BCUT2D eigenvalue weighted by Gasteiger charge is -2.33. The van der Waals surface area contributed by atoms with Crippen molar-refractivity contribution in [2.45, 2.75) is 76.7 Å². The molecule has 2 nitrogen and oxygen atoms in total. The molecule has 0 unspecified atom stereocenters. The highest BCUT2D eigenvalue weighted by Gasteiger charge is 2.27. The summed E-state index contributed by atoms with van der Waals surface area (Å²) in [6.45, 7) is 3.93. The van der Waals surface area contributed by atoms with E-state index in [1.807, 2.05) is 0 Å². The lowest BCUT2D eigenvalue weighted by Crippen LogP contribution is -2.46. The van der Waals surface area contributed by atoms with Crippen molar-refractivity contribution in [1.82, 2.24) is 0 Å². The zero-order valence-corrected chi connectivity index (χ0v) is 11.0. The Hall–Kier alpha value is -0.0800. The van der Waals surface area contributed by atoms with Gasteiger partial charge in [-0.1, -0.05) is 51.9 Å². The SMILES string of the molecule is CCCCCCCOCC1(N)CCCCC1. The van der Waals surface area contributed by atoms with Gasteiger partial charge in [-0.3, -0.25) is 0 Å².